The molecule has 56 valence electrons. The number of ether oxygens (including phenoxy) is 2. The highest BCUT2D eigenvalue weighted by Crippen LogP contribution is 2.08. The number of rotatable bonds is 4. The van der Waals surface area contributed by atoms with Crippen LogP contribution in [0.5, 0.6) is 0 Å². The largest absolute Gasteiger partial charge is 0.412 e. The van der Waals surface area contributed by atoms with Crippen LogP contribution in [0.25, 0.3) is 0 Å². The zero-order chi connectivity index (χ0) is 5.82. The Balaban J connectivity index is 0.000000640. The van der Waals surface area contributed by atoms with Crippen LogP contribution in [0.4, 0.5) is 0 Å². The maximum atomic E-state index is 5.18. The molecule has 1 aliphatic rings. The van der Waals surface area contributed by atoms with Crippen molar-refractivity contribution in [2.75, 3.05) is 19.8 Å². The second-order valence-corrected chi connectivity index (χ2v) is 2.03. The fourth-order valence-electron chi connectivity index (χ4n) is 0.523. The molecule has 0 aliphatic carbocycles. The minimum atomic E-state index is 0. The Hall–Kier alpha value is -0.120. The Labute approximate surface area is 55.3 Å². The predicted molar refractivity (Wildman–Crippen MR) is 34.5 cm³/mol. The summed E-state index contributed by atoms with van der Waals surface area (Å²) in [6, 6.07) is 0. The van der Waals surface area contributed by atoms with E-state index in [1.165, 1.54) is 0 Å². The lowest BCUT2D eigenvalue weighted by Gasteiger charge is -1.95. The third kappa shape index (κ3) is 4.39. The molecule has 0 aromatic heterocycles. The lowest BCUT2D eigenvalue weighted by atomic mass is 10.5. The summed E-state index contributed by atoms with van der Waals surface area (Å²) in [5, 5.41) is 0. The van der Waals surface area contributed by atoms with Crippen LogP contribution < -0.4 is 0 Å². The van der Waals surface area contributed by atoms with E-state index in [-0.39, 0.29) is 5.48 Å². The van der Waals surface area contributed by atoms with Crippen molar-refractivity contribution in [2.45, 2.75) is 19.4 Å². The van der Waals surface area contributed by atoms with Crippen LogP contribution in [0, 0.1) is 0 Å². The third-order valence-electron chi connectivity index (χ3n) is 1.05. The Morgan fingerprint density at radius 1 is 1.67 bits per heavy atom. The zero-order valence-electron chi connectivity index (χ0n) is 5.72. The smallest absolute Gasteiger partial charge is 0.104 e. The molecule has 3 heteroatoms. The van der Waals surface area contributed by atoms with Gasteiger partial charge in [0.25, 0.3) is 0 Å². The van der Waals surface area contributed by atoms with Gasteiger partial charge in [-0.05, 0) is 6.42 Å². The van der Waals surface area contributed by atoms with Gasteiger partial charge in [0, 0.05) is 6.61 Å². The van der Waals surface area contributed by atoms with E-state index in [9.17, 15) is 0 Å². The van der Waals surface area contributed by atoms with Gasteiger partial charge in [0.2, 0.25) is 0 Å². The van der Waals surface area contributed by atoms with Gasteiger partial charge in [0.15, 0.2) is 0 Å². The van der Waals surface area contributed by atoms with E-state index in [0.29, 0.717) is 6.10 Å². The Bertz CT molecular complexity index is 61.3. The standard InChI is InChI=1S/C6H12O2.H2O/c1-2-3-7-4-6-5-8-6;/h6H,2-5H2,1H3;1H2. The molecule has 9 heavy (non-hydrogen) atoms. The van der Waals surface area contributed by atoms with Gasteiger partial charge in [-0.3, -0.25) is 0 Å². The molecular formula is C6H14O3. The lowest BCUT2D eigenvalue weighted by Crippen LogP contribution is -2.01. The summed E-state index contributed by atoms with van der Waals surface area (Å²) < 4.78 is 10.1. The summed E-state index contributed by atoms with van der Waals surface area (Å²) in [6.45, 7) is 4.69. The maximum Gasteiger partial charge on any atom is 0.104 e. The van der Waals surface area contributed by atoms with Crippen molar-refractivity contribution in [2.24, 2.45) is 0 Å². The quantitative estimate of drug-likeness (QED) is 0.401. The van der Waals surface area contributed by atoms with Crippen LogP contribution in [-0.2, 0) is 9.47 Å². The Morgan fingerprint density at radius 3 is 2.78 bits per heavy atom. The molecule has 0 aromatic rings. The van der Waals surface area contributed by atoms with Gasteiger partial charge in [-0.1, -0.05) is 6.92 Å². The number of epoxide rings is 1. The summed E-state index contributed by atoms with van der Waals surface area (Å²) in [5.74, 6) is 0. The third-order valence-corrected chi connectivity index (χ3v) is 1.05. The van der Waals surface area contributed by atoms with Gasteiger partial charge in [-0.2, -0.15) is 0 Å². The van der Waals surface area contributed by atoms with Crippen molar-refractivity contribution in [3.8, 4) is 0 Å². The molecular weight excluding hydrogens is 120 g/mol. The van der Waals surface area contributed by atoms with Gasteiger partial charge in [-0.25, -0.2) is 0 Å². The summed E-state index contributed by atoms with van der Waals surface area (Å²) >= 11 is 0. The topological polar surface area (TPSA) is 53.3 Å². The van der Waals surface area contributed by atoms with E-state index < -0.39 is 0 Å². The zero-order valence-corrected chi connectivity index (χ0v) is 5.72. The van der Waals surface area contributed by atoms with Crippen molar-refractivity contribution >= 4 is 0 Å². The highest BCUT2D eigenvalue weighted by molar-refractivity contribution is 4.66. The summed E-state index contributed by atoms with van der Waals surface area (Å²) in [7, 11) is 0. The summed E-state index contributed by atoms with van der Waals surface area (Å²) in [6.07, 6.45) is 1.54. The van der Waals surface area contributed by atoms with Crippen molar-refractivity contribution < 1.29 is 14.9 Å². The van der Waals surface area contributed by atoms with Crippen LogP contribution in [0.3, 0.4) is 0 Å². The van der Waals surface area contributed by atoms with E-state index in [2.05, 4.69) is 6.92 Å². The predicted octanol–water partition coefficient (Wildman–Crippen LogP) is -0.0129. The molecule has 1 rings (SSSR count). The van der Waals surface area contributed by atoms with E-state index in [0.717, 1.165) is 26.2 Å². The summed E-state index contributed by atoms with van der Waals surface area (Å²) in [5.41, 5.74) is 0. The molecule has 1 fully saturated rings. The van der Waals surface area contributed by atoms with Crippen molar-refractivity contribution in [3.05, 3.63) is 0 Å². The van der Waals surface area contributed by atoms with Crippen molar-refractivity contribution in [3.63, 3.8) is 0 Å². The van der Waals surface area contributed by atoms with Crippen LogP contribution >= 0.6 is 0 Å². The van der Waals surface area contributed by atoms with E-state index in [1.54, 1.807) is 0 Å². The van der Waals surface area contributed by atoms with Crippen LogP contribution in [0.15, 0.2) is 0 Å². The first-order valence-corrected chi connectivity index (χ1v) is 3.13. The van der Waals surface area contributed by atoms with Crippen molar-refractivity contribution in [1.29, 1.82) is 0 Å². The monoisotopic (exact) mass is 134 g/mol. The fraction of sp³-hybridized carbons (Fsp3) is 1.00. The molecule has 1 unspecified atom stereocenters. The molecule has 0 radical (unpaired) electrons. The first kappa shape index (κ1) is 8.88. The Morgan fingerprint density at radius 2 is 2.33 bits per heavy atom. The van der Waals surface area contributed by atoms with Crippen LogP contribution in [-0.4, -0.2) is 31.4 Å². The number of hydrogen-bond donors (Lipinski definition) is 0. The molecule has 0 saturated carbocycles. The SMILES string of the molecule is CCCOCC1CO1.O. The highest BCUT2D eigenvalue weighted by atomic mass is 16.6. The maximum absolute atomic E-state index is 5.18. The minimum absolute atomic E-state index is 0. The van der Waals surface area contributed by atoms with Gasteiger partial charge >= 0.3 is 0 Å². The number of hydrogen-bond acceptors (Lipinski definition) is 2. The second kappa shape index (κ2) is 4.73. The molecule has 2 N–H and O–H groups in total. The van der Waals surface area contributed by atoms with Gasteiger partial charge < -0.3 is 14.9 Å². The first-order valence-electron chi connectivity index (χ1n) is 3.13. The van der Waals surface area contributed by atoms with Gasteiger partial charge in [0.1, 0.15) is 6.10 Å². The molecule has 3 nitrogen and oxygen atoms in total. The molecule has 0 aromatic carbocycles. The minimum Gasteiger partial charge on any atom is -0.412 e. The van der Waals surface area contributed by atoms with Crippen LogP contribution in [0.1, 0.15) is 13.3 Å². The molecule has 0 amide bonds. The van der Waals surface area contributed by atoms with Gasteiger partial charge in [-0.15, -0.1) is 0 Å². The van der Waals surface area contributed by atoms with Gasteiger partial charge in [0.05, 0.1) is 13.2 Å². The lowest BCUT2D eigenvalue weighted by molar-refractivity contribution is 0.117. The average Bonchev–Trinajstić information content (AvgIpc) is 2.51. The van der Waals surface area contributed by atoms with E-state index in [4.69, 9.17) is 9.47 Å². The van der Waals surface area contributed by atoms with E-state index in [1.807, 2.05) is 0 Å². The van der Waals surface area contributed by atoms with Crippen LogP contribution in [0.2, 0.25) is 0 Å². The molecule has 1 atom stereocenters. The van der Waals surface area contributed by atoms with Crippen molar-refractivity contribution in [1.82, 2.24) is 0 Å². The molecule has 1 aliphatic heterocycles. The first-order chi connectivity index (χ1) is 3.93. The van der Waals surface area contributed by atoms with E-state index >= 15 is 0 Å². The molecule has 1 heterocycles. The second-order valence-electron chi connectivity index (χ2n) is 2.03. The molecule has 0 spiro atoms. The normalized spacial score (nSPS) is 23.0. The Kier molecular flexibility index (Phi) is 4.67. The average molecular weight is 134 g/mol. The molecule has 1 saturated heterocycles. The molecule has 0 bridgehead atoms. The fourth-order valence-corrected chi connectivity index (χ4v) is 0.523. The highest BCUT2D eigenvalue weighted by Gasteiger charge is 2.21. The summed E-state index contributed by atoms with van der Waals surface area (Å²) in [4.78, 5) is 0.